The predicted octanol–water partition coefficient (Wildman–Crippen LogP) is 4.04. The molecule has 0 radical (unpaired) electrons. The fourth-order valence-corrected chi connectivity index (χ4v) is 4.23. The number of imidazole rings is 1. The number of nitrogens with one attached hydrogen (secondary N) is 1. The summed E-state index contributed by atoms with van der Waals surface area (Å²) < 4.78 is 15.4. The number of benzene rings is 1. The van der Waals surface area contributed by atoms with Crippen molar-refractivity contribution in [3.8, 4) is 22.9 Å². The van der Waals surface area contributed by atoms with Gasteiger partial charge in [-0.25, -0.2) is 9.78 Å². The standard InChI is InChI=1S/C22H29BrN4O4/c1-7-31-16-9-14(8-15(23)18(16)30-6)19-24-20-17(26(19)10-12(2)3)21(28)25-22(29)27(20)11-13(4)5/h8-9,12-13H,7,10-11H2,1-6H3,(H,25,28,29). The minimum Gasteiger partial charge on any atom is -0.492 e. The van der Waals surface area contributed by atoms with Gasteiger partial charge in [0.15, 0.2) is 22.7 Å². The SMILES string of the molecule is CCOc1cc(-c2nc3c(c(=O)[nH]c(=O)n3CC(C)C)n2CC(C)C)cc(Br)c1OC. The number of fused-ring (bicyclic) bond motifs is 1. The van der Waals surface area contributed by atoms with Crippen LogP contribution in [-0.2, 0) is 13.1 Å². The van der Waals surface area contributed by atoms with E-state index in [-0.39, 0.29) is 11.8 Å². The van der Waals surface area contributed by atoms with Gasteiger partial charge >= 0.3 is 5.69 Å². The van der Waals surface area contributed by atoms with Gasteiger partial charge in [0.25, 0.3) is 5.56 Å². The van der Waals surface area contributed by atoms with E-state index in [1.165, 1.54) is 0 Å². The molecule has 0 saturated heterocycles. The van der Waals surface area contributed by atoms with E-state index >= 15 is 0 Å². The molecule has 168 valence electrons. The second kappa shape index (κ2) is 9.30. The lowest BCUT2D eigenvalue weighted by atomic mass is 10.1. The van der Waals surface area contributed by atoms with E-state index in [0.717, 1.165) is 5.56 Å². The van der Waals surface area contributed by atoms with Gasteiger partial charge in [-0.3, -0.25) is 14.3 Å². The number of H-pyrrole nitrogens is 1. The Kier molecular flexibility index (Phi) is 6.93. The molecule has 0 atom stereocenters. The molecule has 0 aliphatic rings. The van der Waals surface area contributed by atoms with Gasteiger partial charge in [-0.2, -0.15) is 0 Å². The highest BCUT2D eigenvalue weighted by Crippen LogP contribution is 2.40. The van der Waals surface area contributed by atoms with Crippen LogP contribution in [0.5, 0.6) is 11.5 Å². The van der Waals surface area contributed by atoms with Gasteiger partial charge < -0.3 is 14.0 Å². The summed E-state index contributed by atoms with van der Waals surface area (Å²) in [7, 11) is 1.58. The number of nitrogens with zero attached hydrogens (tertiary/aromatic N) is 3. The molecule has 0 aliphatic carbocycles. The minimum absolute atomic E-state index is 0.213. The summed E-state index contributed by atoms with van der Waals surface area (Å²) >= 11 is 3.55. The zero-order chi connectivity index (χ0) is 22.9. The number of aromatic nitrogens is 4. The summed E-state index contributed by atoms with van der Waals surface area (Å²) in [4.78, 5) is 32.7. The van der Waals surface area contributed by atoms with Crippen molar-refractivity contribution in [2.75, 3.05) is 13.7 Å². The summed E-state index contributed by atoms with van der Waals surface area (Å²) in [5.41, 5.74) is 0.669. The molecule has 0 saturated carbocycles. The number of methoxy groups -OCH3 is 1. The molecule has 0 aliphatic heterocycles. The third kappa shape index (κ3) is 4.56. The summed E-state index contributed by atoms with van der Waals surface area (Å²) in [6, 6.07) is 3.74. The number of halogens is 1. The van der Waals surface area contributed by atoms with E-state index < -0.39 is 11.2 Å². The first-order valence-corrected chi connectivity index (χ1v) is 11.2. The van der Waals surface area contributed by atoms with Crippen molar-refractivity contribution in [3.63, 3.8) is 0 Å². The van der Waals surface area contributed by atoms with Gasteiger partial charge in [0.05, 0.1) is 18.2 Å². The van der Waals surface area contributed by atoms with Crippen molar-refractivity contribution in [1.29, 1.82) is 0 Å². The Bertz CT molecular complexity index is 1210. The van der Waals surface area contributed by atoms with Gasteiger partial charge in [0.1, 0.15) is 5.82 Å². The average Bonchev–Trinajstić information content (AvgIpc) is 3.04. The predicted molar refractivity (Wildman–Crippen MR) is 125 cm³/mol. The largest absolute Gasteiger partial charge is 0.492 e. The number of rotatable bonds is 8. The second-order valence-electron chi connectivity index (χ2n) is 8.30. The number of aromatic amines is 1. The zero-order valence-corrected chi connectivity index (χ0v) is 20.4. The van der Waals surface area contributed by atoms with Crippen LogP contribution >= 0.6 is 15.9 Å². The highest BCUT2D eigenvalue weighted by Gasteiger charge is 2.22. The molecular formula is C22H29BrN4O4. The van der Waals surface area contributed by atoms with Crippen LogP contribution in [0.2, 0.25) is 0 Å². The van der Waals surface area contributed by atoms with E-state index in [9.17, 15) is 9.59 Å². The monoisotopic (exact) mass is 492 g/mol. The number of ether oxygens (including phenoxy) is 2. The molecule has 0 spiro atoms. The molecule has 0 fully saturated rings. The minimum atomic E-state index is -0.446. The number of hydrogen-bond donors (Lipinski definition) is 1. The van der Waals surface area contributed by atoms with Crippen LogP contribution in [0.3, 0.4) is 0 Å². The van der Waals surface area contributed by atoms with E-state index in [4.69, 9.17) is 14.5 Å². The molecular weight excluding hydrogens is 464 g/mol. The lowest BCUT2D eigenvalue weighted by Gasteiger charge is -2.15. The third-order valence-corrected chi connectivity index (χ3v) is 5.34. The van der Waals surface area contributed by atoms with Crippen molar-refractivity contribution in [2.45, 2.75) is 47.7 Å². The quantitative estimate of drug-likeness (QED) is 0.512. The first-order valence-electron chi connectivity index (χ1n) is 10.4. The molecule has 2 heterocycles. The summed E-state index contributed by atoms with van der Waals surface area (Å²) in [5.74, 6) is 2.23. The highest BCUT2D eigenvalue weighted by atomic mass is 79.9. The summed E-state index contributed by atoms with van der Waals surface area (Å²) in [5, 5.41) is 0. The molecule has 2 aromatic heterocycles. The van der Waals surface area contributed by atoms with Crippen LogP contribution in [0.1, 0.15) is 34.6 Å². The summed E-state index contributed by atoms with van der Waals surface area (Å²) in [6.45, 7) is 11.6. The van der Waals surface area contributed by atoms with E-state index in [1.807, 2.05) is 37.5 Å². The van der Waals surface area contributed by atoms with Crippen LogP contribution in [0, 0.1) is 11.8 Å². The van der Waals surface area contributed by atoms with E-state index in [0.29, 0.717) is 52.7 Å². The van der Waals surface area contributed by atoms with Crippen molar-refractivity contribution >= 4 is 27.1 Å². The first-order chi connectivity index (χ1) is 14.7. The van der Waals surface area contributed by atoms with Crippen molar-refractivity contribution < 1.29 is 9.47 Å². The van der Waals surface area contributed by atoms with Gasteiger partial charge in [0.2, 0.25) is 0 Å². The smallest absolute Gasteiger partial charge is 0.330 e. The Morgan fingerprint density at radius 1 is 1.10 bits per heavy atom. The highest BCUT2D eigenvalue weighted by molar-refractivity contribution is 9.10. The fourth-order valence-electron chi connectivity index (χ4n) is 3.63. The lowest BCUT2D eigenvalue weighted by Crippen LogP contribution is -2.32. The first kappa shape index (κ1) is 23.1. The third-order valence-electron chi connectivity index (χ3n) is 4.75. The Morgan fingerprint density at radius 2 is 1.74 bits per heavy atom. The molecule has 9 heteroatoms. The van der Waals surface area contributed by atoms with Crippen LogP contribution in [-0.4, -0.2) is 32.8 Å². The normalized spacial score (nSPS) is 11.6. The molecule has 1 N–H and O–H groups in total. The Labute approximate surface area is 189 Å². The van der Waals surface area contributed by atoms with E-state index in [1.54, 1.807) is 11.7 Å². The van der Waals surface area contributed by atoms with Crippen molar-refractivity contribution in [3.05, 3.63) is 37.4 Å². The Morgan fingerprint density at radius 3 is 2.32 bits per heavy atom. The van der Waals surface area contributed by atoms with Crippen LogP contribution in [0.4, 0.5) is 0 Å². The van der Waals surface area contributed by atoms with Gasteiger partial charge in [0, 0.05) is 18.7 Å². The molecule has 0 unspecified atom stereocenters. The van der Waals surface area contributed by atoms with Gasteiger partial charge in [-0.1, -0.05) is 27.7 Å². The van der Waals surface area contributed by atoms with Crippen molar-refractivity contribution in [1.82, 2.24) is 19.1 Å². The molecule has 1 aromatic carbocycles. The molecule has 3 rings (SSSR count). The lowest BCUT2D eigenvalue weighted by molar-refractivity contribution is 0.310. The maximum Gasteiger partial charge on any atom is 0.330 e. The van der Waals surface area contributed by atoms with Crippen LogP contribution in [0.15, 0.2) is 26.2 Å². The van der Waals surface area contributed by atoms with E-state index in [2.05, 4.69) is 34.8 Å². The average molecular weight is 493 g/mol. The van der Waals surface area contributed by atoms with Crippen LogP contribution < -0.4 is 20.7 Å². The molecule has 0 bridgehead atoms. The van der Waals surface area contributed by atoms with Crippen molar-refractivity contribution in [2.24, 2.45) is 11.8 Å². The fraction of sp³-hybridized carbons (Fsp3) is 0.500. The molecule has 8 nitrogen and oxygen atoms in total. The summed E-state index contributed by atoms with van der Waals surface area (Å²) in [6.07, 6.45) is 0. The Balaban J connectivity index is 2.38. The van der Waals surface area contributed by atoms with Gasteiger partial charge in [-0.15, -0.1) is 0 Å². The second-order valence-corrected chi connectivity index (χ2v) is 9.15. The zero-order valence-electron chi connectivity index (χ0n) is 18.8. The number of hydrogen-bond acceptors (Lipinski definition) is 5. The topological polar surface area (TPSA) is 91.1 Å². The maximum absolute atomic E-state index is 12.8. The maximum atomic E-state index is 12.8. The van der Waals surface area contributed by atoms with Gasteiger partial charge in [-0.05, 0) is 46.8 Å². The Hall–Kier alpha value is -2.55. The molecule has 31 heavy (non-hydrogen) atoms. The van der Waals surface area contributed by atoms with Crippen LogP contribution in [0.25, 0.3) is 22.6 Å². The molecule has 3 aromatic rings. The molecule has 0 amide bonds.